The molecule has 1 unspecified atom stereocenters. The quantitative estimate of drug-likeness (QED) is 0.680. The van der Waals surface area contributed by atoms with Crippen molar-refractivity contribution in [3.63, 3.8) is 0 Å². The van der Waals surface area contributed by atoms with Crippen LogP contribution < -0.4 is 11.1 Å². The summed E-state index contributed by atoms with van der Waals surface area (Å²) in [5.74, 6) is 0. The third-order valence-electron chi connectivity index (χ3n) is 2.06. The van der Waals surface area contributed by atoms with Crippen molar-refractivity contribution in [3.05, 3.63) is 29.8 Å². The van der Waals surface area contributed by atoms with E-state index in [2.05, 4.69) is 42.2 Å². The minimum Gasteiger partial charge on any atom is -0.325 e. The lowest BCUT2D eigenvalue weighted by Gasteiger charge is -2.09. The topological polar surface area (TPSA) is 39.7 Å². The first kappa shape index (κ1) is 9.23. The van der Waals surface area contributed by atoms with Gasteiger partial charge in [0.15, 0.2) is 0 Å². The molecule has 1 atom stereocenters. The monoisotopic (exact) mass is 165 g/mol. The third-order valence-corrected chi connectivity index (χ3v) is 2.06. The van der Waals surface area contributed by atoms with Crippen molar-refractivity contribution in [2.75, 3.05) is 7.05 Å². The maximum Gasteiger partial charge on any atom is 0.127 e. The van der Waals surface area contributed by atoms with E-state index >= 15 is 0 Å². The number of nitrogens with one attached hydrogen (secondary N) is 1. The van der Waals surface area contributed by atoms with Crippen LogP contribution in [0, 0.1) is 0 Å². The molecule has 1 aromatic rings. The van der Waals surface area contributed by atoms with Gasteiger partial charge in [-0.15, -0.1) is 0 Å². The molecule has 0 aromatic heterocycles. The van der Waals surface area contributed by atoms with Gasteiger partial charge >= 0.3 is 0 Å². The molecule has 0 saturated heterocycles. The molecule has 1 aromatic carbocycles. The van der Waals surface area contributed by atoms with Gasteiger partial charge in [-0.1, -0.05) is 12.1 Å². The molecule has 1 rings (SSSR count). The minimum atomic E-state index is 0.542. The van der Waals surface area contributed by atoms with E-state index in [1.165, 1.54) is 5.56 Å². The summed E-state index contributed by atoms with van der Waals surface area (Å²) in [6.45, 7) is 2.18. The van der Waals surface area contributed by atoms with Crippen molar-refractivity contribution >= 4 is 5.69 Å². The fraction of sp³-hybridized carbons (Fsp3) is 0.400. The standard InChI is InChI=1S/C10H16N2/c1-8(12-2)7-9-3-5-10(11)6-4-9/h3-6,8,12H,7,11H2,1-2H3/p+1. The maximum absolute atomic E-state index is 3.85. The second-order valence-corrected chi connectivity index (χ2v) is 3.21. The molecule has 12 heavy (non-hydrogen) atoms. The van der Waals surface area contributed by atoms with E-state index < -0.39 is 0 Å². The summed E-state index contributed by atoms with van der Waals surface area (Å²) in [4.78, 5) is 0. The molecule has 0 amide bonds. The van der Waals surface area contributed by atoms with Crippen LogP contribution >= 0.6 is 0 Å². The summed E-state index contributed by atoms with van der Waals surface area (Å²) in [5.41, 5.74) is 6.29. The third kappa shape index (κ3) is 2.64. The largest absolute Gasteiger partial charge is 0.325 e. The van der Waals surface area contributed by atoms with Crippen molar-refractivity contribution in [2.45, 2.75) is 19.4 Å². The first-order valence-electron chi connectivity index (χ1n) is 4.30. The van der Waals surface area contributed by atoms with Gasteiger partial charge in [0.05, 0.1) is 0 Å². The Hall–Kier alpha value is -0.860. The van der Waals surface area contributed by atoms with E-state index in [-0.39, 0.29) is 0 Å². The molecule has 0 aliphatic rings. The van der Waals surface area contributed by atoms with Gasteiger partial charge in [0.1, 0.15) is 5.69 Å². The van der Waals surface area contributed by atoms with E-state index in [0.717, 1.165) is 12.1 Å². The van der Waals surface area contributed by atoms with Gasteiger partial charge in [-0.05, 0) is 38.1 Å². The summed E-state index contributed by atoms with van der Waals surface area (Å²) in [6.07, 6.45) is 1.08. The van der Waals surface area contributed by atoms with E-state index in [0.29, 0.717) is 6.04 Å². The molecule has 0 saturated carbocycles. The Bertz CT molecular complexity index is 228. The highest BCUT2D eigenvalue weighted by Crippen LogP contribution is 2.06. The van der Waals surface area contributed by atoms with Crippen LogP contribution in [0.2, 0.25) is 0 Å². The highest BCUT2D eigenvalue weighted by Gasteiger charge is 1.99. The number of hydrogen-bond acceptors (Lipinski definition) is 1. The fourth-order valence-electron chi connectivity index (χ4n) is 1.13. The molecule has 2 heteroatoms. The van der Waals surface area contributed by atoms with Crippen LogP contribution in [0.5, 0.6) is 0 Å². The van der Waals surface area contributed by atoms with Gasteiger partial charge in [0.2, 0.25) is 0 Å². The number of quaternary nitrogens is 1. The molecule has 66 valence electrons. The van der Waals surface area contributed by atoms with Crippen LogP contribution in [0.3, 0.4) is 0 Å². The first-order chi connectivity index (χ1) is 5.72. The predicted octanol–water partition coefficient (Wildman–Crippen LogP) is 0.710. The summed E-state index contributed by atoms with van der Waals surface area (Å²) >= 11 is 0. The van der Waals surface area contributed by atoms with Gasteiger partial charge in [-0.3, -0.25) is 0 Å². The normalized spacial score (nSPS) is 12.9. The average Bonchev–Trinajstić information content (AvgIpc) is 2.09. The Morgan fingerprint density at radius 2 is 1.92 bits per heavy atom. The summed E-state index contributed by atoms with van der Waals surface area (Å²) < 4.78 is 0. The predicted molar refractivity (Wildman–Crippen MR) is 51.2 cm³/mol. The molecular weight excluding hydrogens is 148 g/mol. The minimum absolute atomic E-state index is 0.542. The second-order valence-electron chi connectivity index (χ2n) is 3.21. The first-order valence-corrected chi connectivity index (χ1v) is 4.30. The van der Waals surface area contributed by atoms with Crippen molar-refractivity contribution in [3.8, 4) is 0 Å². The SMILES string of the molecule is CNC(C)Cc1ccc([NH3+])cc1. The smallest absolute Gasteiger partial charge is 0.127 e. The molecule has 0 aliphatic carbocycles. The van der Waals surface area contributed by atoms with E-state index in [9.17, 15) is 0 Å². The van der Waals surface area contributed by atoms with Gasteiger partial charge in [-0.25, -0.2) is 0 Å². The zero-order valence-electron chi connectivity index (χ0n) is 7.80. The van der Waals surface area contributed by atoms with Crippen LogP contribution in [-0.2, 0) is 6.42 Å². The average molecular weight is 165 g/mol. The summed E-state index contributed by atoms with van der Waals surface area (Å²) in [6, 6.07) is 8.92. The Morgan fingerprint density at radius 1 is 1.33 bits per heavy atom. The van der Waals surface area contributed by atoms with Crippen LogP contribution in [0.15, 0.2) is 24.3 Å². The molecule has 0 heterocycles. The number of rotatable bonds is 3. The summed E-state index contributed by atoms with van der Waals surface area (Å²) in [5, 5.41) is 3.21. The van der Waals surface area contributed by atoms with Crippen LogP contribution in [0.4, 0.5) is 5.69 Å². The summed E-state index contributed by atoms with van der Waals surface area (Å²) in [7, 11) is 1.99. The van der Waals surface area contributed by atoms with Crippen LogP contribution in [0.25, 0.3) is 0 Å². The molecule has 0 fully saturated rings. The van der Waals surface area contributed by atoms with Gasteiger partial charge in [0, 0.05) is 6.04 Å². The van der Waals surface area contributed by atoms with E-state index in [1.54, 1.807) is 0 Å². The molecule has 2 nitrogen and oxygen atoms in total. The zero-order chi connectivity index (χ0) is 8.97. The molecular formula is C10H17N2+. The fourth-order valence-corrected chi connectivity index (χ4v) is 1.13. The van der Waals surface area contributed by atoms with Crippen molar-refractivity contribution in [2.24, 2.45) is 0 Å². The zero-order valence-corrected chi connectivity index (χ0v) is 7.80. The van der Waals surface area contributed by atoms with Crippen LogP contribution in [-0.4, -0.2) is 13.1 Å². The number of benzene rings is 1. The highest BCUT2D eigenvalue weighted by molar-refractivity contribution is 5.31. The van der Waals surface area contributed by atoms with Gasteiger partial charge in [-0.2, -0.15) is 0 Å². The lowest BCUT2D eigenvalue weighted by atomic mass is 10.1. The van der Waals surface area contributed by atoms with E-state index in [1.807, 2.05) is 7.05 Å². The molecule has 0 bridgehead atoms. The Balaban J connectivity index is 2.58. The van der Waals surface area contributed by atoms with Gasteiger partial charge < -0.3 is 11.1 Å². The van der Waals surface area contributed by atoms with Crippen LogP contribution in [0.1, 0.15) is 12.5 Å². The van der Waals surface area contributed by atoms with Crippen molar-refractivity contribution < 1.29 is 5.73 Å². The Kier molecular flexibility index (Phi) is 3.26. The van der Waals surface area contributed by atoms with E-state index in [4.69, 9.17) is 0 Å². The molecule has 4 N–H and O–H groups in total. The molecule has 0 spiro atoms. The Labute approximate surface area is 73.8 Å². The highest BCUT2D eigenvalue weighted by atomic mass is 14.8. The number of hydrogen-bond donors (Lipinski definition) is 2. The maximum atomic E-state index is 3.85. The van der Waals surface area contributed by atoms with Crippen molar-refractivity contribution in [1.29, 1.82) is 0 Å². The molecule has 0 aliphatic heterocycles. The van der Waals surface area contributed by atoms with Crippen molar-refractivity contribution in [1.82, 2.24) is 5.32 Å². The molecule has 0 radical (unpaired) electrons. The lowest BCUT2D eigenvalue weighted by molar-refractivity contribution is -0.254. The lowest BCUT2D eigenvalue weighted by Crippen LogP contribution is -2.39. The van der Waals surface area contributed by atoms with Gasteiger partial charge in [0.25, 0.3) is 0 Å². The number of likely N-dealkylation sites (N-methyl/N-ethyl adjacent to an activating group) is 1. The Morgan fingerprint density at radius 3 is 2.42 bits per heavy atom. The second kappa shape index (κ2) is 4.24.